The van der Waals surface area contributed by atoms with Crippen LogP contribution in [-0.2, 0) is 0 Å². The molecule has 0 bridgehead atoms. The molecule has 1 heteroatoms. The molecule has 0 nitrogen and oxygen atoms in total. The standard InChI is InChI=1S/C11H14Cl/c1-3-9(4-2)10-7-5-6-8-11(10)12/h5-9H,1,3-4H2,2H3. The quantitative estimate of drug-likeness (QED) is 0.660. The van der Waals surface area contributed by atoms with Crippen molar-refractivity contribution in [2.24, 2.45) is 0 Å². The molecule has 0 amide bonds. The van der Waals surface area contributed by atoms with Crippen LogP contribution >= 0.6 is 11.6 Å². The maximum Gasteiger partial charge on any atom is 0.0440 e. The van der Waals surface area contributed by atoms with Crippen LogP contribution in [0.4, 0.5) is 0 Å². The van der Waals surface area contributed by atoms with E-state index in [0.717, 1.165) is 17.9 Å². The number of benzene rings is 1. The first-order valence-corrected chi connectivity index (χ1v) is 4.71. The van der Waals surface area contributed by atoms with Crippen LogP contribution in [0.2, 0.25) is 5.02 Å². The SMILES string of the molecule is [CH2]CC(CC)c1ccccc1Cl. The van der Waals surface area contributed by atoms with Gasteiger partial charge in [-0.1, -0.05) is 43.6 Å². The molecule has 65 valence electrons. The summed E-state index contributed by atoms with van der Waals surface area (Å²) >= 11 is 6.05. The summed E-state index contributed by atoms with van der Waals surface area (Å²) in [4.78, 5) is 0. The summed E-state index contributed by atoms with van der Waals surface area (Å²) in [7, 11) is 0. The molecule has 12 heavy (non-hydrogen) atoms. The predicted octanol–water partition coefficient (Wildman–Crippen LogP) is 4.06. The molecule has 0 aliphatic rings. The van der Waals surface area contributed by atoms with Crippen LogP contribution < -0.4 is 0 Å². The summed E-state index contributed by atoms with van der Waals surface area (Å²) in [5.74, 6) is 0.513. The van der Waals surface area contributed by atoms with E-state index in [9.17, 15) is 0 Å². The van der Waals surface area contributed by atoms with Crippen molar-refractivity contribution in [1.29, 1.82) is 0 Å². The van der Waals surface area contributed by atoms with Gasteiger partial charge in [-0.2, -0.15) is 0 Å². The molecule has 0 spiro atoms. The van der Waals surface area contributed by atoms with E-state index in [1.165, 1.54) is 5.56 Å². The Bertz CT molecular complexity index is 239. The molecule has 1 aromatic rings. The fraction of sp³-hybridized carbons (Fsp3) is 0.364. The van der Waals surface area contributed by atoms with Gasteiger partial charge in [-0.25, -0.2) is 0 Å². The molecule has 1 rings (SSSR count). The smallest absolute Gasteiger partial charge is 0.0440 e. The van der Waals surface area contributed by atoms with E-state index in [-0.39, 0.29) is 0 Å². The van der Waals surface area contributed by atoms with Crippen molar-refractivity contribution in [2.45, 2.75) is 25.7 Å². The lowest BCUT2D eigenvalue weighted by molar-refractivity contribution is 0.673. The Hall–Kier alpha value is -0.490. The van der Waals surface area contributed by atoms with Gasteiger partial charge >= 0.3 is 0 Å². The minimum absolute atomic E-state index is 0.513. The van der Waals surface area contributed by atoms with Crippen molar-refractivity contribution in [2.75, 3.05) is 0 Å². The fourth-order valence-corrected chi connectivity index (χ4v) is 1.68. The highest BCUT2D eigenvalue weighted by atomic mass is 35.5. The summed E-state index contributed by atoms with van der Waals surface area (Å²) in [6, 6.07) is 8.01. The van der Waals surface area contributed by atoms with Crippen molar-refractivity contribution in [3.63, 3.8) is 0 Å². The van der Waals surface area contributed by atoms with Crippen molar-refractivity contribution >= 4 is 11.6 Å². The maximum absolute atomic E-state index is 6.05. The predicted molar refractivity (Wildman–Crippen MR) is 54.5 cm³/mol. The minimum Gasteiger partial charge on any atom is -0.0840 e. The fourth-order valence-electron chi connectivity index (χ4n) is 1.39. The van der Waals surface area contributed by atoms with Gasteiger partial charge in [0.2, 0.25) is 0 Å². The van der Waals surface area contributed by atoms with Gasteiger partial charge in [-0.3, -0.25) is 0 Å². The van der Waals surface area contributed by atoms with E-state index >= 15 is 0 Å². The normalized spacial score (nSPS) is 10.7. The topological polar surface area (TPSA) is 0 Å². The first kappa shape index (κ1) is 9.60. The molecule has 0 fully saturated rings. The van der Waals surface area contributed by atoms with E-state index in [1.807, 2.05) is 18.2 Å². The lowest BCUT2D eigenvalue weighted by Crippen LogP contribution is -1.95. The molecule has 0 saturated heterocycles. The second-order valence-corrected chi connectivity index (χ2v) is 3.32. The molecule has 1 radical (unpaired) electrons. The third-order valence-corrected chi connectivity index (χ3v) is 2.53. The summed E-state index contributed by atoms with van der Waals surface area (Å²) in [6.45, 7) is 6.08. The Labute approximate surface area is 79.6 Å². The monoisotopic (exact) mass is 181 g/mol. The summed E-state index contributed by atoms with van der Waals surface area (Å²) < 4.78 is 0. The largest absolute Gasteiger partial charge is 0.0840 e. The van der Waals surface area contributed by atoms with Gasteiger partial charge < -0.3 is 0 Å². The maximum atomic E-state index is 6.05. The van der Waals surface area contributed by atoms with E-state index in [0.29, 0.717) is 5.92 Å². The van der Waals surface area contributed by atoms with E-state index in [4.69, 9.17) is 11.6 Å². The van der Waals surface area contributed by atoms with Crippen molar-refractivity contribution in [3.05, 3.63) is 41.8 Å². The highest BCUT2D eigenvalue weighted by Crippen LogP contribution is 2.28. The van der Waals surface area contributed by atoms with Crippen LogP contribution in [0.3, 0.4) is 0 Å². The Balaban J connectivity index is 2.92. The minimum atomic E-state index is 0.513. The van der Waals surface area contributed by atoms with Crippen LogP contribution in [0.15, 0.2) is 24.3 Å². The molecule has 0 N–H and O–H groups in total. The van der Waals surface area contributed by atoms with Gasteiger partial charge in [0.15, 0.2) is 0 Å². The number of hydrogen-bond acceptors (Lipinski definition) is 0. The van der Waals surface area contributed by atoms with E-state index in [1.54, 1.807) is 0 Å². The van der Waals surface area contributed by atoms with Crippen LogP contribution in [0.25, 0.3) is 0 Å². The highest BCUT2D eigenvalue weighted by Gasteiger charge is 2.09. The average molecular weight is 182 g/mol. The molecule has 0 aromatic heterocycles. The number of halogens is 1. The third kappa shape index (κ3) is 2.01. The van der Waals surface area contributed by atoms with Crippen LogP contribution in [0.1, 0.15) is 31.2 Å². The second-order valence-electron chi connectivity index (χ2n) is 2.92. The zero-order chi connectivity index (χ0) is 8.97. The van der Waals surface area contributed by atoms with Gasteiger partial charge in [-0.05, 0) is 30.4 Å². The van der Waals surface area contributed by atoms with Crippen molar-refractivity contribution in [3.8, 4) is 0 Å². The molecular weight excluding hydrogens is 168 g/mol. The van der Waals surface area contributed by atoms with Crippen molar-refractivity contribution in [1.82, 2.24) is 0 Å². The molecule has 0 aliphatic carbocycles. The first-order chi connectivity index (χ1) is 5.79. The van der Waals surface area contributed by atoms with Gasteiger partial charge in [-0.15, -0.1) is 0 Å². The molecule has 0 heterocycles. The van der Waals surface area contributed by atoms with Crippen LogP contribution in [-0.4, -0.2) is 0 Å². The Kier molecular flexibility index (Phi) is 3.61. The zero-order valence-corrected chi connectivity index (χ0v) is 8.14. The first-order valence-electron chi connectivity index (χ1n) is 4.33. The van der Waals surface area contributed by atoms with Crippen LogP contribution in [0.5, 0.6) is 0 Å². The van der Waals surface area contributed by atoms with Crippen LogP contribution in [0, 0.1) is 6.92 Å². The average Bonchev–Trinajstić information content (AvgIpc) is 2.10. The highest BCUT2D eigenvalue weighted by molar-refractivity contribution is 6.31. The molecule has 1 atom stereocenters. The van der Waals surface area contributed by atoms with Gasteiger partial charge in [0.25, 0.3) is 0 Å². The molecular formula is C11H14Cl. The summed E-state index contributed by atoms with van der Waals surface area (Å²) in [6.07, 6.45) is 2.02. The van der Waals surface area contributed by atoms with Crippen molar-refractivity contribution < 1.29 is 0 Å². The third-order valence-electron chi connectivity index (χ3n) is 2.19. The molecule has 0 aliphatic heterocycles. The van der Waals surface area contributed by atoms with Gasteiger partial charge in [0, 0.05) is 5.02 Å². The second kappa shape index (κ2) is 4.51. The lowest BCUT2D eigenvalue weighted by Gasteiger charge is -2.13. The summed E-state index contributed by atoms with van der Waals surface area (Å²) in [5, 5.41) is 0.869. The number of rotatable bonds is 3. The van der Waals surface area contributed by atoms with Gasteiger partial charge in [0.05, 0.1) is 0 Å². The van der Waals surface area contributed by atoms with E-state index in [2.05, 4.69) is 19.9 Å². The Morgan fingerprint density at radius 2 is 2.08 bits per heavy atom. The number of hydrogen-bond donors (Lipinski definition) is 0. The Morgan fingerprint density at radius 3 is 2.58 bits per heavy atom. The van der Waals surface area contributed by atoms with E-state index < -0.39 is 0 Å². The molecule has 1 unspecified atom stereocenters. The van der Waals surface area contributed by atoms with Gasteiger partial charge in [0.1, 0.15) is 0 Å². The lowest BCUT2D eigenvalue weighted by atomic mass is 9.94. The molecule has 0 saturated carbocycles. The zero-order valence-electron chi connectivity index (χ0n) is 7.39. The summed E-state index contributed by atoms with van der Waals surface area (Å²) in [5.41, 5.74) is 1.23. The molecule has 1 aromatic carbocycles. The Morgan fingerprint density at radius 1 is 1.42 bits per heavy atom.